The third-order valence-corrected chi connectivity index (χ3v) is 4.05. The first kappa shape index (κ1) is 15.7. The second-order valence-corrected chi connectivity index (χ2v) is 5.42. The van der Waals surface area contributed by atoms with Crippen LogP contribution in [0.5, 0.6) is 0 Å². The number of halogens is 1. The molecular weight excluding hydrogens is 316 g/mol. The Morgan fingerprint density at radius 1 is 1.52 bits per heavy atom. The number of nitro groups is 1. The number of thioether (sulfide) groups is 1. The number of aromatic nitrogens is 4. The molecule has 0 radical (unpaired) electrons. The standard InChI is InChI=1S/C11H13ClN6O2S/c1-13-5-6-17-11(14-15-16-17)21-7-8-9(12)3-2-4-10(8)18(19)20/h2-4,13H,5-7H2,1H3. The van der Waals surface area contributed by atoms with Gasteiger partial charge in [0.1, 0.15) is 0 Å². The molecule has 0 amide bonds. The Morgan fingerprint density at radius 3 is 3.05 bits per heavy atom. The van der Waals surface area contributed by atoms with Gasteiger partial charge >= 0.3 is 0 Å². The molecule has 2 rings (SSSR count). The van der Waals surface area contributed by atoms with Gasteiger partial charge in [-0.2, -0.15) is 0 Å². The summed E-state index contributed by atoms with van der Waals surface area (Å²) in [6.45, 7) is 1.35. The Hall–Kier alpha value is -1.71. The number of tetrazole rings is 1. The van der Waals surface area contributed by atoms with E-state index in [4.69, 9.17) is 11.6 Å². The van der Waals surface area contributed by atoms with Gasteiger partial charge in [0.25, 0.3) is 5.69 Å². The summed E-state index contributed by atoms with van der Waals surface area (Å²) in [5.41, 5.74) is 0.474. The molecule has 0 aliphatic carbocycles. The van der Waals surface area contributed by atoms with Crippen LogP contribution in [0, 0.1) is 10.1 Å². The fraction of sp³-hybridized carbons (Fsp3) is 0.364. The molecule has 0 saturated carbocycles. The molecule has 0 bridgehead atoms. The van der Waals surface area contributed by atoms with Gasteiger partial charge in [-0.3, -0.25) is 10.1 Å². The molecule has 0 atom stereocenters. The minimum Gasteiger partial charge on any atom is -0.318 e. The van der Waals surface area contributed by atoms with Crippen molar-refractivity contribution in [1.82, 2.24) is 25.5 Å². The van der Waals surface area contributed by atoms with E-state index in [1.165, 1.54) is 17.8 Å². The number of hydrogen-bond donors (Lipinski definition) is 1. The third-order valence-electron chi connectivity index (χ3n) is 2.71. The molecule has 1 heterocycles. The van der Waals surface area contributed by atoms with Gasteiger partial charge < -0.3 is 5.32 Å². The highest BCUT2D eigenvalue weighted by atomic mass is 35.5. The van der Waals surface area contributed by atoms with E-state index in [2.05, 4.69) is 20.8 Å². The Bertz CT molecular complexity index is 635. The Balaban J connectivity index is 2.13. The first-order valence-corrected chi connectivity index (χ1v) is 7.45. The van der Waals surface area contributed by atoms with Crippen LogP contribution >= 0.6 is 23.4 Å². The van der Waals surface area contributed by atoms with E-state index in [1.807, 2.05) is 7.05 Å². The lowest BCUT2D eigenvalue weighted by molar-refractivity contribution is -0.385. The average molecular weight is 329 g/mol. The van der Waals surface area contributed by atoms with E-state index in [9.17, 15) is 10.1 Å². The molecular formula is C11H13ClN6O2S. The molecule has 0 fully saturated rings. The Kier molecular flexibility index (Phi) is 5.48. The highest BCUT2D eigenvalue weighted by molar-refractivity contribution is 7.98. The van der Waals surface area contributed by atoms with Crippen molar-refractivity contribution in [1.29, 1.82) is 0 Å². The molecule has 1 aromatic heterocycles. The minimum atomic E-state index is -0.439. The summed E-state index contributed by atoms with van der Waals surface area (Å²) < 4.78 is 1.64. The topological polar surface area (TPSA) is 98.8 Å². The van der Waals surface area contributed by atoms with Gasteiger partial charge in [0.2, 0.25) is 5.16 Å². The van der Waals surface area contributed by atoms with Crippen LogP contribution in [0.1, 0.15) is 5.56 Å². The molecule has 0 aliphatic rings. The zero-order valence-corrected chi connectivity index (χ0v) is 12.8. The summed E-state index contributed by atoms with van der Waals surface area (Å²) in [5, 5.41) is 26.4. The number of likely N-dealkylation sites (N-methyl/N-ethyl adjacent to an activating group) is 1. The number of nitrogens with one attached hydrogen (secondary N) is 1. The summed E-state index contributed by atoms with van der Waals surface area (Å²) in [6.07, 6.45) is 0. The molecule has 0 unspecified atom stereocenters. The third kappa shape index (κ3) is 3.90. The molecule has 1 aromatic carbocycles. The molecule has 0 spiro atoms. The lowest BCUT2D eigenvalue weighted by Gasteiger charge is -2.06. The molecule has 10 heteroatoms. The van der Waals surface area contributed by atoms with Gasteiger partial charge in [0.05, 0.1) is 22.1 Å². The van der Waals surface area contributed by atoms with Gasteiger partial charge in [-0.05, 0) is 23.5 Å². The van der Waals surface area contributed by atoms with E-state index in [-0.39, 0.29) is 5.69 Å². The number of hydrogen-bond acceptors (Lipinski definition) is 7. The maximum Gasteiger partial charge on any atom is 0.274 e. The first-order chi connectivity index (χ1) is 10.1. The predicted molar refractivity (Wildman–Crippen MR) is 79.4 cm³/mol. The zero-order valence-electron chi connectivity index (χ0n) is 11.2. The monoisotopic (exact) mass is 328 g/mol. The predicted octanol–water partition coefficient (Wildman–Crippen LogP) is 1.75. The number of rotatable bonds is 7. The van der Waals surface area contributed by atoms with Crippen LogP contribution in [0.25, 0.3) is 0 Å². The number of nitrogens with zero attached hydrogens (tertiary/aromatic N) is 5. The van der Waals surface area contributed by atoms with Crippen molar-refractivity contribution >= 4 is 29.1 Å². The molecule has 0 saturated heterocycles. The lowest BCUT2D eigenvalue weighted by Crippen LogP contribution is -2.16. The lowest BCUT2D eigenvalue weighted by atomic mass is 10.2. The van der Waals surface area contributed by atoms with Crippen molar-refractivity contribution in [3.8, 4) is 0 Å². The normalized spacial score (nSPS) is 10.8. The highest BCUT2D eigenvalue weighted by Crippen LogP contribution is 2.31. The molecule has 112 valence electrons. The van der Waals surface area contributed by atoms with Crippen LogP contribution in [0.3, 0.4) is 0 Å². The van der Waals surface area contributed by atoms with Gasteiger partial charge in [-0.1, -0.05) is 29.4 Å². The highest BCUT2D eigenvalue weighted by Gasteiger charge is 2.18. The first-order valence-electron chi connectivity index (χ1n) is 6.09. The van der Waals surface area contributed by atoms with Crippen molar-refractivity contribution in [3.63, 3.8) is 0 Å². The van der Waals surface area contributed by atoms with Gasteiger partial charge in [-0.25, -0.2) is 4.68 Å². The van der Waals surface area contributed by atoms with Crippen molar-refractivity contribution < 1.29 is 4.92 Å². The van der Waals surface area contributed by atoms with Gasteiger partial charge in [-0.15, -0.1) is 5.10 Å². The minimum absolute atomic E-state index is 0.00393. The number of nitro benzene ring substituents is 1. The van der Waals surface area contributed by atoms with Crippen LogP contribution in [0.15, 0.2) is 23.4 Å². The van der Waals surface area contributed by atoms with Crippen LogP contribution in [0.4, 0.5) is 5.69 Å². The summed E-state index contributed by atoms with van der Waals surface area (Å²) in [7, 11) is 1.84. The van der Waals surface area contributed by atoms with Crippen molar-refractivity contribution in [3.05, 3.63) is 38.9 Å². The smallest absolute Gasteiger partial charge is 0.274 e. The van der Waals surface area contributed by atoms with Crippen LogP contribution in [-0.2, 0) is 12.3 Å². The van der Waals surface area contributed by atoms with Crippen LogP contribution in [-0.4, -0.2) is 38.7 Å². The zero-order chi connectivity index (χ0) is 15.2. The molecule has 21 heavy (non-hydrogen) atoms. The summed E-state index contributed by atoms with van der Waals surface area (Å²) >= 11 is 7.36. The van der Waals surface area contributed by atoms with Gasteiger partial charge in [0, 0.05) is 18.4 Å². The number of benzene rings is 1. The second-order valence-electron chi connectivity index (χ2n) is 4.07. The van der Waals surface area contributed by atoms with E-state index in [0.29, 0.717) is 28.0 Å². The quantitative estimate of drug-likeness (QED) is 0.469. The van der Waals surface area contributed by atoms with E-state index in [1.54, 1.807) is 16.8 Å². The average Bonchev–Trinajstić information content (AvgIpc) is 2.90. The van der Waals surface area contributed by atoms with Crippen LogP contribution in [0.2, 0.25) is 5.02 Å². The molecule has 1 N–H and O–H groups in total. The summed E-state index contributed by atoms with van der Waals surface area (Å²) in [5.74, 6) is 0.329. The second kappa shape index (κ2) is 7.34. The molecule has 8 nitrogen and oxygen atoms in total. The van der Waals surface area contributed by atoms with Crippen molar-refractivity contribution in [2.24, 2.45) is 0 Å². The summed E-state index contributed by atoms with van der Waals surface area (Å²) in [6, 6.07) is 4.63. The van der Waals surface area contributed by atoms with Gasteiger partial charge in [0.15, 0.2) is 0 Å². The fourth-order valence-electron chi connectivity index (χ4n) is 1.66. The summed E-state index contributed by atoms with van der Waals surface area (Å²) in [4.78, 5) is 10.6. The van der Waals surface area contributed by atoms with Crippen molar-refractivity contribution in [2.75, 3.05) is 13.6 Å². The Morgan fingerprint density at radius 2 is 2.33 bits per heavy atom. The van der Waals surface area contributed by atoms with Crippen LogP contribution < -0.4 is 5.32 Å². The van der Waals surface area contributed by atoms with E-state index < -0.39 is 4.92 Å². The fourth-order valence-corrected chi connectivity index (χ4v) is 2.92. The van der Waals surface area contributed by atoms with E-state index >= 15 is 0 Å². The van der Waals surface area contributed by atoms with E-state index in [0.717, 1.165) is 6.54 Å². The maximum atomic E-state index is 11.0. The van der Waals surface area contributed by atoms with Crippen molar-refractivity contribution in [2.45, 2.75) is 17.5 Å². The largest absolute Gasteiger partial charge is 0.318 e. The SMILES string of the molecule is CNCCn1nnnc1SCc1c(Cl)cccc1[N+](=O)[O-]. The molecule has 2 aromatic rings. The Labute approximate surface area is 130 Å². The maximum absolute atomic E-state index is 11.0. The molecule has 0 aliphatic heterocycles.